The van der Waals surface area contributed by atoms with Crippen molar-refractivity contribution in [1.29, 1.82) is 0 Å². The first kappa shape index (κ1) is 11.8. The lowest BCUT2D eigenvalue weighted by Crippen LogP contribution is -2.37. The Bertz CT molecular complexity index is 405. The lowest BCUT2D eigenvalue weighted by Gasteiger charge is -2.12. The fourth-order valence-corrected chi connectivity index (χ4v) is 2.72. The Hall–Kier alpha value is -0.710. The monoisotopic (exact) mass is 256 g/mol. The number of rotatable bonds is 2. The van der Waals surface area contributed by atoms with Crippen molar-refractivity contribution >= 4 is 35.0 Å². The maximum absolute atomic E-state index is 11.8. The van der Waals surface area contributed by atoms with E-state index in [1.165, 1.54) is 0 Å². The second-order valence-corrected chi connectivity index (χ2v) is 5.19. The fraction of sp³-hybridized carbons (Fsp3) is 0.364. The van der Waals surface area contributed by atoms with Gasteiger partial charge in [0.05, 0.1) is 6.04 Å². The minimum Gasteiger partial charge on any atom is -0.324 e. The maximum atomic E-state index is 11.8. The molecule has 1 amide bonds. The van der Waals surface area contributed by atoms with Crippen LogP contribution >= 0.6 is 23.4 Å². The van der Waals surface area contributed by atoms with Crippen LogP contribution in [0.2, 0.25) is 5.02 Å². The first-order valence-corrected chi connectivity index (χ1v) is 6.58. The van der Waals surface area contributed by atoms with Crippen LogP contribution < -0.4 is 10.6 Å². The molecule has 0 aliphatic carbocycles. The number of anilines is 1. The quantitative estimate of drug-likeness (QED) is 0.853. The molecular formula is C11H13ClN2OS. The number of hydrogen-bond donors (Lipinski definition) is 2. The molecule has 3 nitrogen and oxygen atoms in total. The van der Waals surface area contributed by atoms with Gasteiger partial charge < -0.3 is 5.32 Å². The molecule has 1 aliphatic rings. The Labute approximate surface area is 104 Å². The summed E-state index contributed by atoms with van der Waals surface area (Å²) >= 11 is 7.59. The summed E-state index contributed by atoms with van der Waals surface area (Å²) in [5, 5.41) is 6.72. The average Bonchev–Trinajstić information content (AvgIpc) is 2.75. The van der Waals surface area contributed by atoms with Gasteiger partial charge in [0.25, 0.3) is 0 Å². The Balaban J connectivity index is 2.05. The van der Waals surface area contributed by atoms with Crippen molar-refractivity contribution in [2.24, 2.45) is 0 Å². The van der Waals surface area contributed by atoms with Gasteiger partial charge in [-0.2, -0.15) is 0 Å². The van der Waals surface area contributed by atoms with Gasteiger partial charge in [-0.15, -0.1) is 11.8 Å². The van der Waals surface area contributed by atoms with Gasteiger partial charge in [-0.1, -0.05) is 11.6 Å². The number of halogens is 1. The molecule has 1 heterocycles. The van der Waals surface area contributed by atoms with Crippen molar-refractivity contribution in [3.8, 4) is 0 Å². The molecule has 1 saturated heterocycles. The van der Waals surface area contributed by atoms with E-state index >= 15 is 0 Å². The van der Waals surface area contributed by atoms with E-state index in [1.54, 1.807) is 17.8 Å². The van der Waals surface area contributed by atoms with Crippen LogP contribution in [0.1, 0.15) is 5.56 Å². The zero-order valence-electron chi connectivity index (χ0n) is 8.92. The standard InChI is InChI=1S/C11H13ClN2OS/c1-7-4-8(12)2-3-9(7)14-11(15)10-5-16-6-13-10/h2-4,10,13H,5-6H2,1H3,(H,14,15). The number of carbonyl (C=O) groups is 1. The number of thioether (sulfide) groups is 1. The van der Waals surface area contributed by atoms with Crippen LogP contribution in [-0.2, 0) is 4.79 Å². The van der Waals surface area contributed by atoms with Crippen molar-refractivity contribution in [3.63, 3.8) is 0 Å². The highest BCUT2D eigenvalue weighted by atomic mass is 35.5. The molecule has 0 radical (unpaired) electrons. The largest absolute Gasteiger partial charge is 0.324 e. The molecule has 86 valence electrons. The molecule has 1 aromatic carbocycles. The molecule has 0 saturated carbocycles. The molecule has 1 unspecified atom stereocenters. The molecule has 5 heteroatoms. The summed E-state index contributed by atoms with van der Waals surface area (Å²) in [4.78, 5) is 11.8. The van der Waals surface area contributed by atoms with Gasteiger partial charge in [0, 0.05) is 22.3 Å². The molecule has 0 spiro atoms. The lowest BCUT2D eigenvalue weighted by atomic mass is 10.2. The van der Waals surface area contributed by atoms with Crippen LogP contribution in [0.25, 0.3) is 0 Å². The molecule has 1 fully saturated rings. The summed E-state index contributed by atoms with van der Waals surface area (Å²) in [6.45, 7) is 1.93. The molecule has 2 N–H and O–H groups in total. The van der Waals surface area contributed by atoms with Crippen LogP contribution in [0.3, 0.4) is 0 Å². The topological polar surface area (TPSA) is 41.1 Å². The zero-order valence-corrected chi connectivity index (χ0v) is 10.5. The summed E-state index contributed by atoms with van der Waals surface area (Å²) in [5.41, 5.74) is 1.81. The van der Waals surface area contributed by atoms with E-state index in [2.05, 4.69) is 10.6 Å². The molecule has 1 aromatic rings. The number of benzene rings is 1. The highest BCUT2D eigenvalue weighted by Gasteiger charge is 2.22. The van der Waals surface area contributed by atoms with E-state index in [0.717, 1.165) is 22.9 Å². The summed E-state index contributed by atoms with van der Waals surface area (Å²) < 4.78 is 0. The lowest BCUT2D eigenvalue weighted by molar-refractivity contribution is -0.117. The minimum absolute atomic E-state index is 0.0235. The van der Waals surface area contributed by atoms with Gasteiger partial charge in [0.2, 0.25) is 5.91 Å². The van der Waals surface area contributed by atoms with E-state index in [-0.39, 0.29) is 11.9 Å². The predicted molar refractivity (Wildman–Crippen MR) is 69.1 cm³/mol. The number of hydrogen-bond acceptors (Lipinski definition) is 3. The summed E-state index contributed by atoms with van der Waals surface area (Å²) in [7, 11) is 0. The van der Waals surface area contributed by atoms with Crippen molar-refractivity contribution in [3.05, 3.63) is 28.8 Å². The maximum Gasteiger partial charge on any atom is 0.242 e. The summed E-state index contributed by atoms with van der Waals surface area (Å²) in [5.74, 6) is 1.70. The molecule has 1 aliphatic heterocycles. The first-order valence-electron chi connectivity index (χ1n) is 5.05. The van der Waals surface area contributed by atoms with Crippen molar-refractivity contribution in [1.82, 2.24) is 5.32 Å². The third-order valence-electron chi connectivity index (χ3n) is 2.48. The Morgan fingerprint density at radius 3 is 3.06 bits per heavy atom. The normalized spacial score (nSPS) is 19.8. The van der Waals surface area contributed by atoms with Crippen molar-refractivity contribution in [2.75, 3.05) is 16.9 Å². The zero-order chi connectivity index (χ0) is 11.5. The molecule has 0 aromatic heterocycles. The summed E-state index contributed by atoms with van der Waals surface area (Å²) in [6, 6.07) is 5.37. The van der Waals surface area contributed by atoms with Crippen LogP contribution in [0.5, 0.6) is 0 Å². The van der Waals surface area contributed by atoms with E-state index in [9.17, 15) is 4.79 Å². The van der Waals surface area contributed by atoms with E-state index in [1.807, 2.05) is 19.1 Å². The molecular weight excluding hydrogens is 244 g/mol. The fourth-order valence-electron chi connectivity index (χ4n) is 1.55. The van der Waals surface area contributed by atoms with Gasteiger partial charge in [0.1, 0.15) is 0 Å². The SMILES string of the molecule is Cc1cc(Cl)ccc1NC(=O)C1CSCN1. The average molecular weight is 257 g/mol. The van der Waals surface area contributed by atoms with E-state index in [0.29, 0.717) is 5.02 Å². The smallest absolute Gasteiger partial charge is 0.242 e. The molecule has 0 bridgehead atoms. The van der Waals surface area contributed by atoms with Gasteiger partial charge in [-0.3, -0.25) is 10.1 Å². The van der Waals surface area contributed by atoms with Crippen LogP contribution in [0, 0.1) is 6.92 Å². The molecule has 2 rings (SSSR count). The van der Waals surface area contributed by atoms with E-state index in [4.69, 9.17) is 11.6 Å². The number of carbonyl (C=O) groups excluding carboxylic acids is 1. The van der Waals surface area contributed by atoms with Crippen LogP contribution in [-0.4, -0.2) is 23.6 Å². The van der Waals surface area contributed by atoms with E-state index < -0.39 is 0 Å². The third-order valence-corrected chi connectivity index (χ3v) is 3.65. The second-order valence-electron chi connectivity index (χ2n) is 3.72. The Morgan fingerprint density at radius 1 is 1.62 bits per heavy atom. The van der Waals surface area contributed by atoms with Gasteiger partial charge in [-0.05, 0) is 30.7 Å². The number of aryl methyl sites for hydroxylation is 1. The van der Waals surface area contributed by atoms with Gasteiger partial charge in [-0.25, -0.2) is 0 Å². The van der Waals surface area contributed by atoms with Crippen molar-refractivity contribution < 1.29 is 4.79 Å². The highest BCUT2D eigenvalue weighted by Crippen LogP contribution is 2.20. The van der Waals surface area contributed by atoms with Gasteiger partial charge in [0.15, 0.2) is 0 Å². The van der Waals surface area contributed by atoms with Crippen molar-refractivity contribution in [2.45, 2.75) is 13.0 Å². The number of amides is 1. The highest BCUT2D eigenvalue weighted by molar-refractivity contribution is 7.99. The summed E-state index contributed by atoms with van der Waals surface area (Å²) in [6.07, 6.45) is 0. The van der Waals surface area contributed by atoms with Crippen LogP contribution in [0.15, 0.2) is 18.2 Å². The Morgan fingerprint density at radius 2 is 2.44 bits per heavy atom. The predicted octanol–water partition coefficient (Wildman–Crippen LogP) is 2.25. The molecule has 16 heavy (non-hydrogen) atoms. The second kappa shape index (κ2) is 5.08. The third kappa shape index (κ3) is 2.70. The number of nitrogens with one attached hydrogen (secondary N) is 2. The Kier molecular flexibility index (Phi) is 3.74. The first-order chi connectivity index (χ1) is 7.66. The van der Waals surface area contributed by atoms with Gasteiger partial charge >= 0.3 is 0 Å². The van der Waals surface area contributed by atoms with Crippen LogP contribution in [0.4, 0.5) is 5.69 Å². The minimum atomic E-state index is -0.0833. The molecule has 1 atom stereocenters.